The summed E-state index contributed by atoms with van der Waals surface area (Å²) in [6.45, 7) is 2.16. The third-order valence-electron chi connectivity index (χ3n) is 9.05. The minimum Gasteiger partial charge on any atom is -0.454 e. The van der Waals surface area contributed by atoms with Crippen molar-refractivity contribution < 1.29 is 4.42 Å². The molecule has 0 saturated carbocycles. The summed E-state index contributed by atoms with van der Waals surface area (Å²) in [6, 6.07) is 58.3. The largest absolute Gasteiger partial charge is 0.454 e. The number of fused-ring (bicyclic) bond motifs is 6. The normalized spacial score (nSPS) is 11.6. The van der Waals surface area contributed by atoms with Crippen LogP contribution in [0, 0.1) is 6.92 Å². The Balaban J connectivity index is 1.33. The number of anilines is 3. The molecule has 0 amide bonds. The number of para-hydroxylation sites is 6. The Morgan fingerprint density at radius 3 is 2.02 bits per heavy atom. The van der Waals surface area contributed by atoms with Crippen molar-refractivity contribution in [2.45, 2.75) is 6.92 Å². The van der Waals surface area contributed by atoms with Gasteiger partial charge in [0.1, 0.15) is 5.58 Å². The highest BCUT2D eigenvalue weighted by molar-refractivity contribution is 6.12. The highest BCUT2D eigenvalue weighted by atomic mass is 16.3. The molecule has 7 aromatic carbocycles. The summed E-state index contributed by atoms with van der Waals surface area (Å²) in [6.07, 6.45) is 0. The maximum Gasteiger partial charge on any atom is 0.159 e. The Hall–Kier alpha value is -6.06. The van der Waals surface area contributed by atoms with Gasteiger partial charge in [0.05, 0.1) is 28.1 Å². The van der Waals surface area contributed by atoms with Gasteiger partial charge in [-0.3, -0.25) is 0 Å². The van der Waals surface area contributed by atoms with Crippen LogP contribution in [0.5, 0.6) is 0 Å². The standard InChI is InChI=1S/C43H30N2O/c1-29-26-27-40-36(28-29)33-18-7-11-23-39(33)45(40)38-22-10-6-17-32(38)31-16-5-9-21-37(31)44(30-14-3-2-4-15-30)41-24-13-20-35-34-19-8-12-25-42(34)46-43(35)41/h2-28H,1H3. The highest BCUT2D eigenvalue weighted by Gasteiger charge is 2.23. The van der Waals surface area contributed by atoms with Gasteiger partial charge in [0.25, 0.3) is 0 Å². The molecule has 0 aliphatic heterocycles. The quantitative estimate of drug-likeness (QED) is 0.199. The minimum atomic E-state index is 0.869. The van der Waals surface area contributed by atoms with E-state index < -0.39 is 0 Å². The Labute approximate surface area is 267 Å². The van der Waals surface area contributed by atoms with Crippen LogP contribution in [-0.2, 0) is 0 Å². The minimum absolute atomic E-state index is 0.869. The number of nitrogens with zero attached hydrogens (tertiary/aromatic N) is 2. The van der Waals surface area contributed by atoms with Gasteiger partial charge in [-0.2, -0.15) is 0 Å². The molecule has 0 aliphatic rings. The average Bonchev–Trinajstić information content (AvgIpc) is 3.65. The Morgan fingerprint density at radius 2 is 1.13 bits per heavy atom. The topological polar surface area (TPSA) is 21.3 Å². The van der Waals surface area contributed by atoms with Crippen molar-refractivity contribution in [3.8, 4) is 16.8 Å². The summed E-state index contributed by atoms with van der Waals surface area (Å²) in [5.74, 6) is 0. The SMILES string of the molecule is Cc1ccc2c(c1)c1ccccc1n2-c1ccccc1-c1ccccc1N(c1ccccc1)c1cccc2c1oc1ccccc12. The van der Waals surface area contributed by atoms with Crippen LogP contribution in [0.2, 0.25) is 0 Å². The summed E-state index contributed by atoms with van der Waals surface area (Å²) >= 11 is 0. The van der Waals surface area contributed by atoms with Crippen LogP contribution in [-0.4, -0.2) is 4.57 Å². The molecule has 0 aliphatic carbocycles. The maximum absolute atomic E-state index is 6.60. The molecule has 218 valence electrons. The molecule has 9 rings (SSSR count). The number of aromatic nitrogens is 1. The number of rotatable bonds is 5. The molecule has 0 unspecified atom stereocenters. The van der Waals surface area contributed by atoms with Gasteiger partial charge in [-0.05, 0) is 61.5 Å². The summed E-state index contributed by atoms with van der Waals surface area (Å²) in [7, 11) is 0. The fourth-order valence-corrected chi connectivity index (χ4v) is 7.03. The van der Waals surface area contributed by atoms with E-state index in [-0.39, 0.29) is 0 Å². The first-order chi connectivity index (χ1) is 22.8. The number of furan rings is 1. The van der Waals surface area contributed by atoms with Crippen molar-refractivity contribution in [2.24, 2.45) is 0 Å². The average molecular weight is 591 g/mol. The summed E-state index contributed by atoms with van der Waals surface area (Å²) < 4.78 is 9.02. The van der Waals surface area contributed by atoms with Crippen LogP contribution in [0.25, 0.3) is 60.6 Å². The molecular formula is C43H30N2O. The molecule has 9 aromatic rings. The molecule has 3 heteroatoms. The second-order valence-corrected chi connectivity index (χ2v) is 11.8. The van der Waals surface area contributed by atoms with E-state index in [4.69, 9.17) is 4.42 Å². The van der Waals surface area contributed by atoms with E-state index in [1.54, 1.807) is 0 Å². The first kappa shape index (κ1) is 26.4. The molecule has 0 saturated heterocycles. The van der Waals surface area contributed by atoms with Gasteiger partial charge in [-0.25, -0.2) is 0 Å². The van der Waals surface area contributed by atoms with Crippen LogP contribution in [0.3, 0.4) is 0 Å². The van der Waals surface area contributed by atoms with Crippen molar-refractivity contribution in [1.82, 2.24) is 4.57 Å². The lowest BCUT2D eigenvalue weighted by molar-refractivity contribution is 0.669. The zero-order chi connectivity index (χ0) is 30.6. The van der Waals surface area contributed by atoms with Crippen LogP contribution < -0.4 is 4.90 Å². The lowest BCUT2D eigenvalue weighted by Crippen LogP contribution is -2.11. The molecule has 0 bridgehead atoms. The van der Waals surface area contributed by atoms with Crippen LogP contribution in [0.4, 0.5) is 17.1 Å². The van der Waals surface area contributed by atoms with Gasteiger partial charge in [0, 0.05) is 38.4 Å². The van der Waals surface area contributed by atoms with Gasteiger partial charge in [0.15, 0.2) is 5.58 Å². The fraction of sp³-hybridized carbons (Fsp3) is 0.0233. The van der Waals surface area contributed by atoms with E-state index in [1.165, 1.54) is 27.4 Å². The second-order valence-electron chi connectivity index (χ2n) is 11.8. The monoisotopic (exact) mass is 590 g/mol. The molecule has 0 N–H and O–H groups in total. The number of hydrogen-bond donors (Lipinski definition) is 0. The lowest BCUT2D eigenvalue weighted by atomic mass is 9.99. The Morgan fingerprint density at radius 1 is 0.478 bits per heavy atom. The third-order valence-corrected chi connectivity index (χ3v) is 9.05. The molecule has 3 nitrogen and oxygen atoms in total. The summed E-state index contributed by atoms with van der Waals surface area (Å²) in [5, 5.41) is 4.74. The lowest BCUT2D eigenvalue weighted by Gasteiger charge is -2.28. The summed E-state index contributed by atoms with van der Waals surface area (Å²) in [5.41, 5.74) is 12.0. The molecule has 0 atom stereocenters. The molecule has 0 spiro atoms. The van der Waals surface area contributed by atoms with E-state index in [0.29, 0.717) is 0 Å². The van der Waals surface area contributed by atoms with Gasteiger partial charge in [-0.15, -0.1) is 0 Å². The van der Waals surface area contributed by atoms with Crippen molar-refractivity contribution in [2.75, 3.05) is 4.90 Å². The second kappa shape index (κ2) is 10.5. The zero-order valence-corrected chi connectivity index (χ0v) is 25.4. The van der Waals surface area contributed by atoms with Crippen LogP contribution in [0.1, 0.15) is 5.56 Å². The zero-order valence-electron chi connectivity index (χ0n) is 25.4. The molecule has 0 fully saturated rings. The van der Waals surface area contributed by atoms with E-state index in [0.717, 1.165) is 55.8 Å². The number of benzene rings is 7. The number of hydrogen-bond acceptors (Lipinski definition) is 2. The Bertz CT molecular complexity index is 2560. The van der Waals surface area contributed by atoms with Gasteiger partial charge in [0.2, 0.25) is 0 Å². The predicted molar refractivity (Wildman–Crippen MR) is 193 cm³/mol. The van der Waals surface area contributed by atoms with E-state index in [9.17, 15) is 0 Å². The van der Waals surface area contributed by atoms with Gasteiger partial charge >= 0.3 is 0 Å². The first-order valence-corrected chi connectivity index (χ1v) is 15.7. The molecule has 0 radical (unpaired) electrons. The molecule has 2 heterocycles. The smallest absolute Gasteiger partial charge is 0.159 e. The molecule has 2 aromatic heterocycles. The predicted octanol–water partition coefficient (Wildman–Crippen LogP) is 12.1. The van der Waals surface area contributed by atoms with Crippen LogP contribution in [0.15, 0.2) is 168 Å². The van der Waals surface area contributed by atoms with Crippen molar-refractivity contribution >= 4 is 60.8 Å². The van der Waals surface area contributed by atoms with E-state index in [2.05, 4.69) is 168 Å². The van der Waals surface area contributed by atoms with Gasteiger partial charge < -0.3 is 13.9 Å². The van der Waals surface area contributed by atoms with Gasteiger partial charge in [-0.1, -0.05) is 115 Å². The third kappa shape index (κ3) is 4.06. The summed E-state index contributed by atoms with van der Waals surface area (Å²) in [4.78, 5) is 2.34. The molecular weight excluding hydrogens is 560 g/mol. The van der Waals surface area contributed by atoms with Crippen molar-refractivity contribution in [3.05, 3.63) is 169 Å². The maximum atomic E-state index is 6.60. The Kier molecular flexibility index (Phi) is 6.04. The highest BCUT2D eigenvalue weighted by Crippen LogP contribution is 2.46. The first-order valence-electron chi connectivity index (χ1n) is 15.7. The van der Waals surface area contributed by atoms with Crippen LogP contribution >= 0.6 is 0 Å². The number of aryl methyl sites for hydroxylation is 1. The fourth-order valence-electron chi connectivity index (χ4n) is 7.03. The van der Waals surface area contributed by atoms with Crippen molar-refractivity contribution in [1.29, 1.82) is 0 Å². The molecule has 46 heavy (non-hydrogen) atoms. The van der Waals surface area contributed by atoms with E-state index >= 15 is 0 Å². The van der Waals surface area contributed by atoms with E-state index in [1.807, 2.05) is 12.1 Å². The van der Waals surface area contributed by atoms with Crippen molar-refractivity contribution in [3.63, 3.8) is 0 Å².